The highest BCUT2D eigenvalue weighted by molar-refractivity contribution is 6.33. The van der Waals surface area contributed by atoms with Gasteiger partial charge >= 0.3 is 0 Å². The molecule has 0 radical (unpaired) electrons. The second kappa shape index (κ2) is 5.67. The van der Waals surface area contributed by atoms with E-state index in [4.69, 9.17) is 11.6 Å². The average Bonchev–Trinajstić information content (AvgIpc) is 2.41. The summed E-state index contributed by atoms with van der Waals surface area (Å²) in [6.45, 7) is 1.91. The SMILES string of the molecule is CC(Nc1cnccc1Cl)c1cccc([N+](=O)[O-])c1. The molecule has 0 aliphatic carbocycles. The largest absolute Gasteiger partial charge is 0.376 e. The third kappa shape index (κ3) is 3.20. The molecule has 1 atom stereocenters. The van der Waals surface area contributed by atoms with E-state index in [2.05, 4.69) is 10.3 Å². The number of rotatable bonds is 4. The Bertz CT molecular complexity index is 604. The van der Waals surface area contributed by atoms with Crippen LogP contribution in [0.3, 0.4) is 0 Å². The van der Waals surface area contributed by atoms with Crippen LogP contribution in [0, 0.1) is 10.1 Å². The Labute approximate surface area is 115 Å². The van der Waals surface area contributed by atoms with Gasteiger partial charge in [-0.2, -0.15) is 0 Å². The summed E-state index contributed by atoms with van der Waals surface area (Å²) in [5.74, 6) is 0. The van der Waals surface area contributed by atoms with E-state index < -0.39 is 4.92 Å². The number of nitrogens with one attached hydrogen (secondary N) is 1. The molecular weight excluding hydrogens is 266 g/mol. The van der Waals surface area contributed by atoms with Gasteiger partial charge in [0.25, 0.3) is 5.69 Å². The molecule has 1 aromatic carbocycles. The third-order valence-electron chi connectivity index (χ3n) is 2.72. The smallest absolute Gasteiger partial charge is 0.269 e. The van der Waals surface area contributed by atoms with Crippen LogP contribution in [0.4, 0.5) is 11.4 Å². The molecule has 2 aromatic rings. The number of nitrogens with zero attached hydrogens (tertiary/aromatic N) is 2. The van der Waals surface area contributed by atoms with Crippen molar-refractivity contribution in [3.05, 3.63) is 63.4 Å². The molecule has 0 aliphatic heterocycles. The minimum Gasteiger partial charge on any atom is -0.376 e. The van der Waals surface area contributed by atoms with Crippen LogP contribution >= 0.6 is 11.6 Å². The number of nitro benzene ring substituents is 1. The normalized spacial score (nSPS) is 11.9. The van der Waals surface area contributed by atoms with E-state index in [1.54, 1.807) is 30.6 Å². The number of nitro groups is 1. The Hall–Kier alpha value is -2.14. The maximum atomic E-state index is 10.7. The minimum absolute atomic E-state index is 0.0726. The first-order valence-electron chi connectivity index (χ1n) is 5.68. The van der Waals surface area contributed by atoms with Gasteiger partial charge in [-0.3, -0.25) is 15.1 Å². The van der Waals surface area contributed by atoms with Gasteiger partial charge in [0.05, 0.1) is 21.8 Å². The lowest BCUT2D eigenvalue weighted by Crippen LogP contribution is -2.07. The minimum atomic E-state index is -0.409. The summed E-state index contributed by atoms with van der Waals surface area (Å²) in [5, 5.41) is 14.5. The predicted octanol–water partition coefficient (Wildman–Crippen LogP) is 3.82. The van der Waals surface area contributed by atoms with Crippen molar-refractivity contribution in [2.75, 3.05) is 5.32 Å². The fourth-order valence-corrected chi connectivity index (χ4v) is 1.87. The van der Waals surface area contributed by atoms with Gasteiger partial charge in [0.2, 0.25) is 0 Å². The highest BCUT2D eigenvalue weighted by atomic mass is 35.5. The van der Waals surface area contributed by atoms with Crippen molar-refractivity contribution in [3.63, 3.8) is 0 Å². The first-order chi connectivity index (χ1) is 9.08. The first-order valence-corrected chi connectivity index (χ1v) is 6.06. The Balaban J connectivity index is 2.20. The highest BCUT2D eigenvalue weighted by Crippen LogP contribution is 2.26. The molecule has 0 bridgehead atoms. The number of benzene rings is 1. The van der Waals surface area contributed by atoms with Crippen molar-refractivity contribution < 1.29 is 4.92 Å². The molecular formula is C13H12ClN3O2. The lowest BCUT2D eigenvalue weighted by Gasteiger charge is -2.16. The summed E-state index contributed by atoms with van der Waals surface area (Å²) in [7, 11) is 0. The van der Waals surface area contributed by atoms with Gasteiger partial charge in [0.1, 0.15) is 0 Å². The maximum Gasteiger partial charge on any atom is 0.269 e. The summed E-state index contributed by atoms with van der Waals surface area (Å²) < 4.78 is 0. The molecule has 1 aromatic heterocycles. The van der Waals surface area contributed by atoms with E-state index in [0.717, 1.165) is 5.56 Å². The molecule has 19 heavy (non-hydrogen) atoms. The first kappa shape index (κ1) is 13.3. The summed E-state index contributed by atoms with van der Waals surface area (Å²) in [5.41, 5.74) is 1.58. The highest BCUT2D eigenvalue weighted by Gasteiger charge is 2.11. The van der Waals surface area contributed by atoms with Crippen molar-refractivity contribution in [2.45, 2.75) is 13.0 Å². The van der Waals surface area contributed by atoms with E-state index in [1.807, 2.05) is 13.0 Å². The molecule has 2 rings (SSSR count). The van der Waals surface area contributed by atoms with E-state index in [1.165, 1.54) is 6.07 Å². The molecule has 0 saturated carbocycles. The number of pyridine rings is 1. The molecule has 1 heterocycles. The molecule has 0 fully saturated rings. The zero-order valence-electron chi connectivity index (χ0n) is 10.2. The zero-order valence-corrected chi connectivity index (χ0v) is 11.0. The number of hydrogen-bond acceptors (Lipinski definition) is 4. The lowest BCUT2D eigenvalue weighted by molar-refractivity contribution is -0.384. The summed E-state index contributed by atoms with van der Waals surface area (Å²) in [4.78, 5) is 14.3. The Morgan fingerprint density at radius 2 is 2.21 bits per heavy atom. The van der Waals surface area contributed by atoms with Gasteiger partial charge < -0.3 is 5.32 Å². The molecule has 1 N–H and O–H groups in total. The van der Waals surface area contributed by atoms with Crippen molar-refractivity contribution in [1.29, 1.82) is 0 Å². The van der Waals surface area contributed by atoms with Crippen LogP contribution in [-0.2, 0) is 0 Å². The van der Waals surface area contributed by atoms with Crippen LogP contribution in [0.25, 0.3) is 0 Å². The molecule has 0 amide bonds. The quantitative estimate of drug-likeness (QED) is 0.681. The fourth-order valence-electron chi connectivity index (χ4n) is 1.71. The van der Waals surface area contributed by atoms with E-state index in [9.17, 15) is 10.1 Å². The molecule has 5 nitrogen and oxygen atoms in total. The van der Waals surface area contributed by atoms with Crippen LogP contribution in [-0.4, -0.2) is 9.91 Å². The molecule has 0 spiro atoms. The molecule has 1 unspecified atom stereocenters. The van der Waals surface area contributed by atoms with Gasteiger partial charge in [0, 0.05) is 24.4 Å². The zero-order chi connectivity index (χ0) is 13.8. The van der Waals surface area contributed by atoms with Crippen molar-refractivity contribution in [1.82, 2.24) is 4.98 Å². The molecule has 6 heteroatoms. The van der Waals surface area contributed by atoms with Gasteiger partial charge in [-0.15, -0.1) is 0 Å². The monoisotopic (exact) mass is 277 g/mol. The van der Waals surface area contributed by atoms with Gasteiger partial charge in [-0.1, -0.05) is 23.7 Å². The second-order valence-electron chi connectivity index (χ2n) is 4.07. The topological polar surface area (TPSA) is 68.1 Å². The van der Waals surface area contributed by atoms with Crippen LogP contribution < -0.4 is 5.32 Å². The number of hydrogen-bond donors (Lipinski definition) is 1. The van der Waals surface area contributed by atoms with Gasteiger partial charge in [0.15, 0.2) is 0 Å². The average molecular weight is 278 g/mol. The van der Waals surface area contributed by atoms with Crippen molar-refractivity contribution in [2.24, 2.45) is 0 Å². The molecule has 98 valence electrons. The van der Waals surface area contributed by atoms with Gasteiger partial charge in [-0.25, -0.2) is 0 Å². The Morgan fingerprint density at radius 3 is 2.89 bits per heavy atom. The standard InChI is InChI=1S/C13H12ClN3O2/c1-9(16-13-8-15-6-5-12(13)14)10-3-2-4-11(7-10)17(18)19/h2-9,16H,1H3. The predicted molar refractivity (Wildman–Crippen MR) is 74.4 cm³/mol. The summed E-state index contributed by atoms with van der Waals surface area (Å²) >= 11 is 6.03. The van der Waals surface area contributed by atoms with Crippen molar-refractivity contribution >= 4 is 23.0 Å². The summed E-state index contributed by atoms with van der Waals surface area (Å²) in [6, 6.07) is 8.08. The van der Waals surface area contributed by atoms with Crippen LogP contribution in [0.5, 0.6) is 0 Å². The second-order valence-corrected chi connectivity index (χ2v) is 4.48. The maximum absolute atomic E-state index is 10.7. The third-order valence-corrected chi connectivity index (χ3v) is 3.05. The van der Waals surface area contributed by atoms with Crippen molar-refractivity contribution in [3.8, 4) is 0 Å². The lowest BCUT2D eigenvalue weighted by atomic mass is 10.1. The fraction of sp³-hybridized carbons (Fsp3) is 0.154. The van der Waals surface area contributed by atoms with E-state index in [0.29, 0.717) is 10.7 Å². The van der Waals surface area contributed by atoms with Crippen LogP contribution in [0.15, 0.2) is 42.7 Å². The van der Waals surface area contributed by atoms with E-state index in [-0.39, 0.29) is 11.7 Å². The van der Waals surface area contributed by atoms with Gasteiger partial charge in [-0.05, 0) is 18.6 Å². The summed E-state index contributed by atoms with van der Waals surface area (Å²) in [6.07, 6.45) is 3.22. The number of halogens is 1. The Kier molecular flexibility index (Phi) is 3.97. The molecule has 0 aliphatic rings. The number of anilines is 1. The van der Waals surface area contributed by atoms with Crippen LogP contribution in [0.2, 0.25) is 5.02 Å². The Morgan fingerprint density at radius 1 is 1.42 bits per heavy atom. The van der Waals surface area contributed by atoms with E-state index >= 15 is 0 Å². The number of non-ortho nitro benzene ring substituents is 1. The van der Waals surface area contributed by atoms with Crippen LogP contribution in [0.1, 0.15) is 18.5 Å². The molecule has 0 saturated heterocycles. The number of aromatic nitrogens is 1.